The third kappa shape index (κ3) is 2.77. The molecule has 0 radical (unpaired) electrons. The molecule has 0 aliphatic carbocycles. The molecule has 0 bridgehead atoms. The van der Waals surface area contributed by atoms with Crippen molar-refractivity contribution in [3.05, 3.63) is 66.1 Å². The lowest BCUT2D eigenvalue weighted by Crippen LogP contribution is -2.00. The second-order valence-electron chi connectivity index (χ2n) is 4.74. The van der Waals surface area contributed by atoms with E-state index >= 15 is 0 Å². The van der Waals surface area contributed by atoms with E-state index in [1.165, 1.54) is 5.39 Å². The van der Waals surface area contributed by atoms with Gasteiger partial charge >= 0.3 is 0 Å². The topological polar surface area (TPSA) is 37.8 Å². The SMILES string of the molecule is CCNc1ccnc(Cc2ccc3ccccc3n2)c1. The Morgan fingerprint density at radius 1 is 1.00 bits per heavy atom. The number of fused-ring (bicyclic) bond motifs is 1. The summed E-state index contributed by atoms with van der Waals surface area (Å²) in [6.07, 6.45) is 2.60. The van der Waals surface area contributed by atoms with Crippen molar-refractivity contribution in [3.63, 3.8) is 0 Å². The minimum absolute atomic E-state index is 0.754. The number of anilines is 1. The standard InChI is InChI=1S/C17H17N3/c1-2-18-14-9-10-19-16(11-14)12-15-8-7-13-5-3-4-6-17(13)20-15/h3-11H,2,12H2,1H3,(H,18,19). The highest BCUT2D eigenvalue weighted by Gasteiger charge is 2.02. The van der Waals surface area contributed by atoms with Crippen molar-refractivity contribution in [2.24, 2.45) is 0 Å². The zero-order valence-electron chi connectivity index (χ0n) is 11.5. The van der Waals surface area contributed by atoms with Gasteiger partial charge in [0.25, 0.3) is 0 Å². The van der Waals surface area contributed by atoms with Crippen LogP contribution in [-0.2, 0) is 6.42 Å². The molecule has 2 heterocycles. The average Bonchev–Trinajstić information content (AvgIpc) is 2.48. The molecule has 0 aliphatic rings. The van der Waals surface area contributed by atoms with Gasteiger partial charge in [0, 0.05) is 41.6 Å². The molecule has 0 amide bonds. The predicted molar refractivity (Wildman–Crippen MR) is 82.9 cm³/mol. The number of benzene rings is 1. The van der Waals surface area contributed by atoms with Crippen molar-refractivity contribution in [2.75, 3.05) is 11.9 Å². The molecular formula is C17H17N3. The summed E-state index contributed by atoms with van der Waals surface area (Å²) in [5.74, 6) is 0. The van der Waals surface area contributed by atoms with Crippen LogP contribution in [0.5, 0.6) is 0 Å². The molecule has 0 unspecified atom stereocenters. The van der Waals surface area contributed by atoms with Crippen molar-refractivity contribution in [1.82, 2.24) is 9.97 Å². The van der Waals surface area contributed by atoms with Crippen LogP contribution in [0.25, 0.3) is 10.9 Å². The Hall–Kier alpha value is -2.42. The number of hydrogen-bond acceptors (Lipinski definition) is 3. The van der Waals surface area contributed by atoms with E-state index in [0.717, 1.165) is 35.6 Å². The zero-order chi connectivity index (χ0) is 13.8. The van der Waals surface area contributed by atoms with Crippen molar-refractivity contribution in [2.45, 2.75) is 13.3 Å². The number of aromatic nitrogens is 2. The predicted octanol–water partition coefficient (Wildman–Crippen LogP) is 3.65. The normalized spacial score (nSPS) is 10.7. The van der Waals surface area contributed by atoms with Crippen LogP contribution in [0.1, 0.15) is 18.3 Å². The van der Waals surface area contributed by atoms with Gasteiger partial charge in [-0.25, -0.2) is 0 Å². The minimum atomic E-state index is 0.754. The molecule has 0 atom stereocenters. The summed E-state index contributed by atoms with van der Waals surface area (Å²) in [6.45, 7) is 3.00. The molecule has 0 saturated carbocycles. The summed E-state index contributed by atoms with van der Waals surface area (Å²) in [5, 5.41) is 4.47. The van der Waals surface area contributed by atoms with Crippen LogP contribution in [0.4, 0.5) is 5.69 Å². The second kappa shape index (κ2) is 5.70. The van der Waals surface area contributed by atoms with Crippen LogP contribution in [0.2, 0.25) is 0 Å². The summed E-state index contributed by atoms with van der Waals surface area (Å²) in [6, 6.07) is 16.4. The quantitative estimate of drug-likeness (QED) is 0.780. The first-order chi connectivity index (χ1) is 9.85. The van der Waals surface area contributed by atoms with E-state index in [2.05, 4.69) is 46.5 Å². The highest BCUT2D eigenvalue weighted by atomic mass is 14.9. The van der Waals surface area contributed by atoms with Crippen LogP contribution in [0.3, 0.4) is 0 Å². The Bertz CT molecular complexity index is 722. The van der Waals surface area contributed by atoms with E-state index in [1.54, 1.807) is 0 Å². The maximum absolute atomic E-state index is 4.69. The average molecular weight is 263 g/mol. The molecular weight excluding hydrogens is 246 g/mol. The van der Waals surface area contributed by atoms with Crippen molar-refractivity contribution in [1.29, 1.82) is 0 Å². The van der Waals surface area contributed by atoms with Crippen LogP contribution in [-0.4, -0.2) is 16.5 Å². The summed E-state index contributed by atoms with van der Waals surface area (Å²) >= 11 is 0. The first-order valence-electron chi connectivity index (χ1n) is 6.88. The van der Waals surface area contributed by atoms with E-state index in [4.69, 9.17) is 0 Å². The van der Waals surface area contributed by atoms with Crippen molar-refractivity contribution < 1.29 is 0 Å². The van der Waals surface area contributed by atoms with Gasteiger partial charge in [0.1, 0.15) is 0 Å². The molecule has 1 aromatic carbocycles. The van der Waals surface area contributed by atoms with Gasteiger partial charge in [0.2, 0.25) is 0 Å². The van der Waals surface area contributed by atoms with Crippen LogP contribution in [0.15, 0.2) is 54.7 Å². The Kier molecular flexibility index (Phi) is 3.59. The first-order valence-corrected chi connectivity index (χ1v) is 6.88. The molecule has 3 heteroatoms. The monoisotopic (exact) mass is 263 g/mol. The van der Waals surface area contributed by atoms with Crippen molar-refractivity contribution in [3.8, 4) is 0 Å². The maximum Gasteiger partial charge on any atom is 0.0705 e. The van der Waals surface area contributed by atoms with Gasteiger partial charge in [-0.1, -0.05) is 24.3 Å². The van der Waals surface area contributed by atoms with Crippen LogP contribution >= 0.6 is 0 Å². The van der Waals surface area contributed by atoms with Crippen molar-refractivity contribution >= 4 is 16.6 Å². The molecule has 0 saturated heterocycles. The van der Waals surface area contributed by atoms with Gasteiger partial charge in [-0.3, -0.25) is 9.97 Å². The largest absolute Gasteiger partial charge is 0.385 e. The fourth-order valence-electron chi connectivity index (χ4n) is 2.28. The molecule has 3 aromatic rings. The Labute approximate surface area is 118 Å². The Balaban J connectivity index is 1.87. The summed E-state index contributed by atoms with van der Waals surface area (Å²) in [7, 11) is 0. The molecule has 0 fully saturated rings. The van der Waals surface area contributed by atoms with Gasteiger partial charge < -0.3 is 5.32 Å². The molecule has 20 heavy (non-hydrogen) atoms. The lowest BCUT2D eigenvalue weighted by Gasteiger charge is -2.06. The third-order valence-electron chi connectivity index (χ3n) is 3.22. The van der Waals surface area contributed by atoms with Gasteiger partial charge in [-0.05, 0) is 31.2 Å². The number of para-hydroxylation sites is 1. The molecule has 3 nitrogen and oxygen atoms in total. The van der Waals surface area contributed by atoms with Crippen LogP contribution < -0.4 is 5.32 Å². The number of rotatable bonds is 4. The lowest BCUT2D eigenvalue weighted by atomic mass is 10.1. The molecule has 100 valence electrons. The molecule has 1 N–H and O–H groups in total. The fourth-order valence-corrected chi connectivity index (χ4v) is 2.28. The van der Waals surface area contributed by atoms with E-state index in [1.807, 2.05) is 30.5 Å². The fraction of sp³-hybridized carbons (Fsp3) is 0.176. The molecule has 0 aliphatic heterocycles. The first kappa shape index (κ1) is 12.6. The highest BCUT2D eigenvalue weighted by molar-refractivity contribution is 5.78. The number of pyridine rings is 2. The second-order valence-corrected chi connectivity index (χ2v) is 4.74. The summed E-state index contributed by atoms with van der Waals surface area (Å²) in [5.41, 5.74) is 4.22. The molecule has 3 rings (SSSR count). The minimum Gasteiger partial charge on any atom is -0.385 e. The smallest absolute Gasteiger partial charge is 0.0705 e. The number of nitrogens with zero attached hydrogens (tertiary/aromatic N) is 2. The number of hydrogen-bond donors (Lipinski definition) is 1. The molecule has 2 aromatic heterocycles. The Morgan fingerprint density at radius 3 is 2.80 bits per heavy atom. The highest BCUT2D eigenvalue weighted by Crippen LogP contribution is 2.15. The summed E-state index contributed by atoms with van der Waals surface area (Å²) in [4.78, 5) is 9.10. The van der Waals surface area contributed by atoms with Gasteiger partial charge in [-0.15, -0.1) is 0 Å². The van der Waals surface area contributed by atoms with Crippen LogP contribution in [0, 0.1) is 0 Å². The van der Waals surface area contributed by atoms with E-state index in [0.29, 0.717) is 0 Å². The van der Waals surface area contributed by atoms with Gasteiger partial charge in [0.15, 0.2) is 0 Å². The summed E-state index contributed by atoms with van der Waals surface area (Å²) < 4.78 is 0. The number of nitrogens with one attached hydrogen (secondary N) is 1. The van der Waals surface area contributed by atoms with Gasteiger partial charge in [0.05, 0.1) is 5.52 Å². The third-order valence-corrected chi connectivity index (χ3v) is 3.22. The van der Waals surface area contributed by atoms with E-state index < -0.39 is 0 Å². The Morgan fingerprint density at radius 2 is 1.90 bits per heavy atom. The van der Waals surface area contributed by atoms with E-state index in [9.17, 15) is 0 Å². The lowest BCUT2D eigenvalue weighted by molar-refractivity contribution is 1.02. The van der Waals surface area contributed by atoms with Gasteiger partial charge in [-0.2, -0.15) is 0 Å². The molecule has 0 spiro atoms. The maximum atomic E-state index is 4.69. The van der Waals surface area contributed by atoms with E-state index in [-0.39, 0.29) is 0 Å². The zero-order valence-corrected chi connectivity index (χ0v) is 11.5.